The van der Waals surface area contributed by atoms with Crippen molar-refractivity contribution in [2.24, 2.45) is 5.73 Å². The highest BCUT2D eigenvalue weighted by atomic mass is 32.2. The Labute approximate surface area is 168 Å². The Morgan fingerprint density at radius 1 is 1.07 bits per heavy atom. The van der Waals surface area contributed by atoms with Gasteiger partial charge in [-0.1, -0.05) is 6.07 Å². The third kappa shape index (κ3) is 5.38. The fourth-order valence-corrected chi connectivity index (χ4v) is 3.10. The van der Waals surface area contributed by atoms with E-state index in [1.807, 2.05) is 0 Å². The number of benzene rings is 2. The number of methoxy groups -OCH3 is 2. The van der Waals surface area contributed by atoms with Gasteiger partial charge >= 0.3 is 0 Å². The van der Waals surface area contributed by atoms with Gasteiger partial charge in [-0.3, -0.25) is 9.59 Å². The largest absolute Gasteiger partial charge is 0.493 e. The van der Waals surface area contributed by atoms with E-state index in [1.165, 1.54) is 38.5 Å². The predicted molar refractivity (Wildman–Crippen MR) is 106 cm³/mol. The minimum absolute atomic E-state index is 0.0868. The number of primary amides is 1. The van der Waals surface area contributed by atoms with Crippen molar-refractivity contribution >= 4 is 27.3 Å². The molecule has 0 aliphatic heterocycles. The van der Waals surface area contributed by atoms with E-state index in [9.17, 15) is 18.0 Å². The lowest BCUT2D eigenvalue weighted by Gasteiger charge is -2.16. The zero-order valence-electron chi connectivity index (χ0n) is 16.4. The maximum atomic E-state index is 12.8. The number of carbonyl (C=O) groups excluding carboxylic acids is 2. The van der Waals surface area contributed by atoms with Gasteiger partial charge in [0.1, 0.15) is 0 Å². The molecule has 29 heavy (non-hydrogen) atoms. The lowest BCUT2D eigenvalue weighted by atomic mass is 10.1. The summed E-state index contributed by atoms with van der Waals surface area (Å²) in [4.78, 5) is 23.8. The van der Waals surface area contributed by atoms with E-state index < -0.39 is 28.3 Å². The van der Waals surface area contributed by atoms with E-state index in [-0.39, 0.29) is 27.7 Å². The van der Waals surface area contributed by atoms with Gasteiger partial charge in [-0.25, -0.2) is 8.42 Å². The highest BCUT2D eigenvalue weighted by Gasteiger charge is 2.19. The number of amides is 2. The minimum Gasteiger partial charge on any atom is -0.493 e. The summed E-state index contributed by atoms with van der Waals surface area (Å²) in [5.41, 5.74) is 6.31. The summed E-state index contributed by atoms with van der Waals surface area (Å²) < 4.78 is 39.3. The van der Waals surface area contributed by atoms with Crippen molar-refractivity contribution in [2.45, 2.75) is 11.8 Å². The lowest BCUT2D eigenvalue weighted by Crippen LogP contribution is -2.20. The van der Waals surface area contributed by atoms with Gasteiger partial charge in [-0.05, 0) is 36.8 Å². The standard InChI is InChI=1S/C19H22N2O7S/c1-11-5-6-13(29(4,24)25)9-14(11)21-19(23)12-7-15(26-2)18(16(8-12)27-3)28-10-17(20)22/h5-9H,10H2,1-4H3,(H2,20,22)(H,21,23). The zero-order chi connectivity index (χ0) is 21.8. The van der Waals surface area contributed by atoms with E-state index >= 15 is 0 Å². The Kier molecular flexibility index (Phi) is 6.70. The highest BCUT2D eigenvalue weighted by Crippen LogP contribution is 2.38. The molecule has 0 aromatic heterocycles. The molecule has 0 saturated heterocycles. The van der Waals surface area contributed by atoms with Crippen LogP contribution in [0.2, 0.25) is 0 Å². The number of carbonyl (C=O) groups is 2. The van der Waals surface area contributed by atoms with E-state index in [2.05, 4.69) is 5.32 Å². The first-order valence-corrected chi connectivity index (χ1v) is 10.2. The molecule has 2 aromatic rings. The van der Waals surface area contributed by atoms with E-state index in [4.69, 9.17) is 19.9 Å². The molecular weight excluding hydrogens is 400 g/mol. The molecular formula is C19H22N2O7S. The van der Waals surface area contributed by atoms with Crippen LogP contribution in [0.3, 0.4) is 0 Å². The Balaban J connectivity index is 2.40. The third-order valence-corrected chi connectivity index (χ3v) is 5.08. The third-order valence-electron chi connectivity index (χ3n) is 3.97. The molecule has 9 nitrogen and oxygen atoms in total. The van der Waals surface area contributed by atoms with Crippen LogP contribution in [0.25, 0.3) is 0 Å². The summed E-state index contributed by atoms with van der Waals surface area (Å²) in [5, 5.41) is 2.68. The van der Waals surface area contributed by atoms with Gasteiger partial charge in [0, 0.05) is 17.5 Å². The molecule has 0 aliphatic carbocycles. The smallest absolute Gasteiger partial charge is 0.255 e. The molecule has 2 amide bonds. The molecule has 0 saturated carbocycles. The SMILES string of the molecule is COc1cc(C(=O)Nc2cc(S(C)(=O)=O)ccc2C)cc(OC)c1OCC(N)=O. The monoisotopic (exact) mass is 422 g/mol. The van der Waals surface area contributed by atoms with Gasteiger partial charge in [0.15, 0.2) is 27.9 Å². The number of anilines is 1. The van der Waals surface area contributed by atoms with Gasteiger partial charge in [-0.15, -0.1) is 0 Å². The number of nitrogens with two attached hydrogens (primary N) is 1. The molecule has 156 valence electrons. The zero-order valence-corrected chi connectivity index (χ0v) is 17.3. The Bertz CT molecular complexity index is 1020. The number of hydrogen-bond acceptors (Lipinski definition) is 7. The summed E-state index contributed by atoms with van der Waals surface area (Å²) in [6, 6.07) is 7.28. The van der Waals surface area contributed by atoms with E-state index in [1.54, 1.807) is 13.0 Å². The first-order chi connectivity index (χ1) is 13.6. The number of aryl methyl sites for hydroxylation is 1. The van der Waals surface area contributed by atoms with E-state index in [0.717, 1.165) is 6.26 Å². The Hall–Kier alpha value is -3.27. The molecule has 2 aromatic carbocycles. The van der Waals surface area contributed by atoms with Crippen LogP contribution in [-0.4, -0.2) is 47.3 Å². The van der Waals surface area contributed by atoms with Crippen LogP contribution in [0.15, 0.2) is 35.2 Å². The molecule has 0 unspecified atom stereocenters. The number of sulfone groups is 1. The molecule has 0 atom stereocenters. The van der Waals surface area contributed by atoms with Gasteiger partial charge < -0.3 is 25.3 Å². The fraction of sp³-hybridized carbons (Fsp3) is 0.263. The topological polar surface area (TPSA) is 134 Å². The average Bonchev–Trinajstić information content (AvgIpc) is 2.66. The molecule has 2 rings (SSSR count). The van der Waals surface area contributed by atoms with Crippen molar-refractivity contribution in [1.82, 2.24) is 0 Å². The molecule has 0 bridgehead atoms. The average molecular weight is 422 g/mol. The number of ether oxygens (including phenoxy) is 3. The maximum Gasteiger partial charge on any atom is 0.255 e. The Morgan fingerprint density at radius 2 is 1.66 bits per heavy atom. The fourth-order valence-electron chi connectivity index (χ4n) is 2.46. The number of rotatable bonds is 8. The first kappa shape index (κ1) is 22.0. The van der Waals surface area contributed by atoms with Crippen LogP contribution < -0.4 is 25.3 Å². The van der Waals surface area contributed by atoms with Crippen molar-refractivity contribution in [2.75, 3.05) is 32.4 Å². The predicted octanol–water partition coefficient (Wildman–Crippen LogP) is 1.53. The van der Waals surface area contributed by atoms with Crippen molar-refractivity contribution in [3.05, 3.63) is 41.5 Å². The normalized spacial score (nSPS) is 10.9. The molecule has 3 N–H and O–H groups in total. The van der Waals surface area contributed by atoms with Gasteiger partial charge in [-0.2, -0.15) is 0 Å². The molecule has 0 spiro atoms. The quantitative estimate of drug-likeness (QED) is 0.659. The summed E-state index contributed by atoms with van der Waals surface area (Å²) in [6.07, 6.45) is 1.09. The van der Waals surface area contributed by atoms with Crippen molar-refractivity contribution in [3.8, 4) is 17.2 Å². The van der Waals surface area contributed by atoms with Crippen molar-refractivity contribution in [3.63, 3.8) is 0 Å². The van der Waals surface area contributed by atoms with Crippen LogP contribution in [0.4, 0.5) is 5.69 Å². The van der Waals surface area contributed by atoms with Crippen LogP contribution in [0, 0.1) is 6.92 Å². The summed E-state index contributed by atoms with van der Waals surface area (Å²) >= 11 is 0. The first-order valence-electron chi connectivity index (χ1n) is 8.36. The molecule has 0 heterocycles. The van der Waals surface area contributed by atoms with Crippen LogP contribution in [0.1, 0.15) is 15.9 Å². The second kappa shape index (κ2) is 8.82. The van der Waals surface area contributed by atoms with Crippen LogP contribution in [0.5, 0.6) is 17.2 Å². The van der Waals surface area contributed by atoms with Gasteiger partial charge in [0.2, 0.25) is 5.75 Å². The second-order valence-electron chi connectivity index (χ2n) is 6.17. The van der Waals surface area contributed by atoms with Crippen LogP contribution >= 0.6 is 0 Å². The van der Waals surface area contributed by atoms with Crippen molar-refractivity contribution < 1.29 is 32.2 Å². The molecule has 0 aliphatic rings. The maximum absolute atomic E-state index is 12.8. The molecule has 10 heteroatoms. The van der Waals surface area contributed by atoms with Gasteiger partial charge in [0.25, 0.3) is 11.8 Å². The lowest BCUT2D eigenvalue weighted by molar-refractivity contribution is -0.120. The van der Waals surface area contributed by atoms with E-state index in [0.29, 0.717) is 11.3 Å². The minimum atomic E-state index is -3.43. The van der Waals surface area contributed by atoms with Crippen molar-refractivity contribution in [1.29, 1.82) is 0 Å². The second-order valence-corrected chi connectivity index (χ2v) is 8.18. The Morgan fingerprint density at radius 3 is 2.14 bits per heavy atom. The van der Waals surface area contributed by atoms with Gasteiger partial charge in [0.05, 0.1) is 19.1 Å². The summed E-state index contributed by atoms with van der Waals surface area (Å²) in [7, 11) is -0.692. The summed E-state index contributed by atoms with van der Waals surface area (Å²) in [5.74, 6) is -0.746. The highest BCUT2D eigenvalue weighted by molar-refractivity contribution is 7.90. The molecule has 0 fully saturated rings. The van der Waals surface area contributed by atoms with Crippen LogP contribution in [-0.2, 0) is 14.6 Å². The number of hydrogen-bond donors (Lipinski definition) is 2. The number of nitrogens with one attached hydrogen (secondary N) is 1. The summed E-state index contributed by atoms with van der Waals surface area (Å²) in [6.45, 7) is 1.35. The molecule has 0 radical (unpaired) electrons.